The molecule has 0 heterocycles. The molecule has 0 aromatic heterocycles. The first-order chi connectivity index (χ1) is 1.73. The van der Waals surface area contributed by atoms with Crippen LogP contribution in [-0.4, -0.2) is 11.0 Å². The molecule has 0 bridgehead atoms. The van der Waals surface area contributed by atoms with Crippen LogP contribution in [0.5, 0.6) is 0 Å². The summed E-state index contributed by atoms with van der Waals surface area (Å²) in [6, 6.07) is 0. The van der Waals surface area contributed by atoms with Crippen LogP contribution in [0, 0.1) is 0 Å². The van der Waals surface area contributed by atoms with Crippen LogP contribution in [0.1, 0.15) is 0 Å². The number of rotatable bonds is 0. The fourth-order valence-corrected chi connectivity index (χ4v) is 0. The third kappa shape index (κ3) is 54.4. The van der Waals surface area contributed by atoms with E-state index in [1.807, 2.05) is 0 Å². The fraction of sp³-hybridized carbons (Fsp3) is 0. The molecule has 0 radical (unpaired) electrons. The van der Waals surface area contributed by atoms with Crippen molar-refractivity contribution in [3.05, 3.63) is 0 Å². The molecule has 0 unspecified atom stereocenters. The molecule has 0 fully saturated rings. The SMILES string of the molecule is O.O.[Cl][V]([Cl])[Cl]. The Morgan fingerprint density at radius 3 is 0.833 bits per heavy atom. The average Bonchev–Trinajstić information content (AvgIpc) is 0.811. The molecular formula is H4Cl3O2V. The maximum atomic E-state index is 4.95. The van der Waals surface area contributed by atoms with E-state index in [0.29, 0.717) is 0 Å². The zero-order valence-electron chi connectivity index (χ0n) is 2.58. The fourth-order valence-electron chi connectivity index (χ4n) is 0. The molecule has 6 heavy (non-hydrogen) atoms. The quantitative estimate of drug-likeness (QED) is 0.535. The van der Waals surface area contributed by atoms with Crippen molar-refractivity contribution in [2.75, 3.05) is 0 Å². The molecule has 0 aliphatic rings. The predicted octanol–water partition coefficient (Wildman–Crippen LogP) is 0.417. The molecule has 0 aromatic rings. The van der Waals surface area contributed by atoms with Gasteiger partial charge in [0.1, 0.15) is 0 Å². The van der Waals surface area contributed by atoms with Gasteiger partial charge >= 0.3 is 41.8 Å². The van der Waals surface area contributed by atoms with Gasteiger partial charge in [-0.2, -0.15) is 0 Å². The number of hydrogen-bond acceptors (Lipinski definition) is 0. The van der Waals surface area contributed by atoms with Gasteiger partial charge in [0.05, 0.1) is 0 Å². The molecule has 42 valence electrons. The summed E-state index contributed by atoms with van der Waals surface area (Å²) in [5.74, 6) is 0. The summed E-state index contributed by atoms with van der Waals surface area (Å²) in [7, 11) is 14.9. The van der Waals surface area contributed by atoms with Gasteiger partial charge in [0, 0.05) is 0 Å². The molecule has 4 N–H and O–H groups in total. The first-order valence-corrected chi connectivity index (χ1v) is 6.27. The van der Waals surface area contributed by atoms with E-state index in [1.54, 1.807) is 0 Å². The van der Waals surface area contributed by atoms with Crippen LogP contribution in [0.4, 0.5) is 0 Å². The van der Waals surface area contributed by atoms with Crippen molar-refractivity contribution in [3.8, 4) is 0 Å². The van der Waals surface area contributed by atoms with Crippen molar-refractivity contribution in [2.24, 2.45) is 0 Å². The van der Waals surface area contributed by atoms with Gasteiger partial charge in [-0.25, -0.2) is 0 Å². The molecule has 0 atom stereocenters. The van der Waals surface area contributed by atoms with Crippen molar-refractivity contribution < 1.29 is 23.2 Å². The minimum absolute atomic E-state index is 0. The molecule has 0 amide bonds. The van der Waals surface area contributed by atoms with Crippen LogP contribution < -0.4 is 0 Å². The number of hydrogen-bond donors (Lipinski definition) is 0. The van der Waals surface area contributed by atoms with Crippen molar-refractivity contribution in [2.45, 2.75) is 0 Å². The molecule has 0 aliphatic carbocycles. The zero-order chi connectivity index (χ0) is 3.58. The van der Waals surface area contributed by atoms with Gasteiger partial charge in [-0.15, -0.1) is 0 Å². The van der Waals surface area contributed by atoms with Gasteiger partial charge in [0.2, 0.25) is 0 Å². The third-order valence-electron chi connectivity index (χ3n) is 0. The van der Waals surface area contributed by atoms with E-state index in [0.717, 1.165) is 0 Å². The molecular weight excluding hydrogens is 189 g/mol. The van der Waals surface area contributed by atoms with Crippen LogP contribution in [-0.2, 0) is 12.3 Å². The van der Waals surface area contributed by atoms with Crippen molar-refractivity contribution in [1.29, 1.82) is 0 Å². The number of halogens is 3. The zero-order valence-corrected chi connectivity index (χ0v) is 6.25. The Kier molecular flexibility index (Phi) is 25.1. The molecule has 6 heteroatoms. The topological polar surface area (TPSA) is 63.0 Å². The van der Waals surface area contributed by atoms with E-state index in [4.69, 9.17) is 29.5 Å². The van der Waals surface area contributed by atoms with Gasteiger partial charge in [-0.05, 0) is 0 Å². The average molecular weight is 193 g/mol. The van der Waals surface area contributed by atoms with Crippen molar-refractivity contribution in [1.82, 2.24) is 0 Å². The summed E-state index contributed by atoms with van der Waals surface area (Å²) >= 11 is -1.77. The Morgan fingerprint density at radius 1 is 0.833 bits per heavy atom. The molecule has 2 nitrogen and oxygen atoms in total. The van der Waals surface area contributed by atoms with E-state index in [-0.39, 0.29) is 11.0 Å². The molecule has 0 aromatic carbocycles. The van der Waals surface area contributed by atoms with E-state index < -0.39 is 12.3 Å². The van der Waals surface area contributed by atoms with Gasteiger partial charge in [0.15, 0.2) is 0 Å². The summed E-state index contributed by atoms with van der Waals surface area (Å²) in [6.45, 7) is 0. The second-order valence-electron chi connectivity index (χ2n) is 0.192. The summed E-state index contributed by atoms with van der Waals surface area (Å²) in [5, 5.41) is 0. The Balaban J connectivity index is -0.0000000450. The molecule has 0 spiro atoms. The van der Waals surface area contributed by atoms with Gasteiger partial charge in [0.25, 0.3) is 0 Å². The van der Waals surface area contributed by atoms with Crippen LogP contribution >= 0.6 is 29.5 Å². The Hall–Kier alpha value is 1.37. The van der Waals surface area contributed by atoms with Gasteiger partial charge < -0.3 is 11.0 Å². The summed E-state index contributed by atoms with van der Waals surface area (Å²) < 4.78 is 0. The predicted molar refractivity (Wildman–Crippen MR) is 24.8 cm³/mol. The van der Waals surface area contributed by atoms with Gasteiger partial charge in [-0.1, -0.05) is 0 Å². The summed E-state index contributed by atoms with van der Waals surface area (Å²) in [4.78, 5) is 0. The minimum atomic E-state index is -1.77. The first-order valence-electron chi connectivity index (χ1n) is 0.507. The van der Waals surface area contributed by atoms with Crippen LogP contribution in [0.15, 0.2) is 0 Å². The molecule has 0 saturated heterocycles. The van der Waals surface area contributed by atoms with Crippen LogP contribution in [0.2, 0.25) is 0 Å². The maximum absolute atomic E-state index is 4.95. The Bertz CT molecular complexity index is 13.5. The standard InChI is InChI=1S/3ClH.2H2O.V/h3*1H;2*1H2;/q;;;;;+3/p-3. The first kappa shape index (κ1) is 15.7. The summed E-state index contributed by atoms with van der Waals surface area (Å²) in [6.07, 6.45) is 0. The molecule has 0 saturated carbocycles. The molecule has 0 rings (SSSR count). The van der Waals surface area contributed by atoms with Crippen LogP contribution in [0.25, 0.3) is 0 Å². The van der Waals surface area contributed by atoms with Crippen LogP contribution in [0.3, 0.4) is 0 Å². The van der Waals surface area contributed by atoms with Crippen molar-refractivity contribution >= 4 is 29.5 Å². The normalized spacial score (nSPS) is 6.00. The Morgan fingerprint density at radius 2 is 0.833 bits per heavy atom. The Labute approximate surface area is 52.8 Å². The second kappa shape index (κ2) is 9.62. The monoisotopic (exact) mass is 192 g/mol. The second-order valence-corrected chi connectivity index (χ2v) is 7.11. The van der Waals surface area contributed by atoms with Gasteiger partial charge in [-0.3, -0.25) is 0 Å². The van der Waals surface area contributed by atoms with E-state index in [1.165, 1.54) is 0 Å². The van der Waals surface area contributed by atoms with E-state index in [2.05, 4.69) is 0 Å². The van der Waals surface area contributed by atoms with E-state index in [9.17, 15) is 0 Å². The molecule has 0 aliphatic heterocycles. The summed E-state index contributed by atoms with van der Waals surface area (Å²) in [5.41, 5.74) is 0. The third-order valence-corrected chi connectivity index (χ3v) is 0. The van der Waals surface area contributed by atoms with Crippen molar-refractivity contribution in [3.63, 3.8) is 0 Å². The van der Waals surface area contributed by atoms with E-state index >= 15 is 0 Å².